The fraction of sp³-hybridized carbons (Fsp3) is 0.250. The Balaban J connectivity index is 2.39. The van der Waals surface area contributed by atoms with Gasteiger partial charge in [-0.15, -0.1) is 0 Å². The van der Waals surface area contributed by atoms with E-state index in [1.54, 1.807) is 0 Å². The number of hydrogen-bond donors (Lipinski definition) is 1. The molecule has 92 valence electrons. The van der Waals surface area contributed by atoms with Crippen LogP contribution in [0.5, 0.6) is 0 Å². The maximum atomic E-state index is 10.1. The van der Waals surface area contributed by atoms with Crippen molar-refractivity contribution in [3.8, 4) is 0 Å². The molecule has 0 heterocycles. The smallest absolute Gasteiger partial charge is 0.139 e. The quantitative estimate of drug-likeness (QED) is 0.808. The van der Waals surface area contributed by atoms with Crippen LogP contribution in [0.4, 0.5) is 0 Å². The molecule has 2 aromatic rings. The van der Waals surface area contributed by atoms with Crippen molar-refractivity contribution in [2.45, 2.75) is 25.9 Å². The Morgan fingerprint density at radius 1 is 0.889 bits per heavy atom. The van der Waals surface area contributed by atoms with Gasteiger partial charge in [0.1, 0.15) is 7.85 Å². The predicted octanol–water partition coefficient (Wildman–Crippen LogP) is 1.77. The lowest BCUT2D eigenvalue weighted by Gasteiger charge is -2.21. The van der Waals surface area contributed by atoms with Crippen molar-refractivity contribution >= 4 is 13.3 Å². The van der Waals surface area contributed by atoms with Gasteiger partial charge in [-0.3, -0.25) is 0 Å². The second kappa shape index (κ2) is 5.41. The minimum absolute atomic E-state index is 0.0474. The maximum absolute atomic E-state index is 10.1. The van der Waals surface area contributed by atoms with E-state index in [9.17, 15) is 5.11 Å². The summed E-state index contributed by atoms with van der Waals surface area (Å²) in [6.45, 7) is 3.93. The van der Waals surface area contributed by atoms with Crippen molar-refractivity contribution in [2.24, 2.45) is 0 Å². The van der Waals surface area contributed by atoms with Gasteiger partial charge in [-0.1, -0.05) is 59.6 Å². The molecule has 0 aliphatic carbocycles. The summed E-state index contributed by atoms with van der Waals surface area (Å²) in [5.74, 6) is 0.0474. The van der Waals surface area contributed by atoms with Crippen molar-refractivity contribution < 1.29 is 5.11 Å². The van der Waals surface area contributed by atoms with Crippen molar-refractivity contribution in [3.05, 3.63) is 65.2 Å². The molecule has 2 atom stereocenters. The molecule has 2 rings (SSSR count). The third-order valence-electron chi connectivity index (χ3n) is 3.36. The third-order valence-corrected chi connectivity index (χ3v) is 3.36. The molecule has 1 N–H and O–H groups in total. The van der Waals surface area contributed by atoms with Gasteiger partial charge in [-0.25, -0.2) is 0 Å². The Labute approximate surface area is 110 Å². The van der Waals surface area contributed by atoms with Gasteiger partial charge >= 0.3 is 0 Å². The third kappa shape index (κ3) is 2.83. The van der Waals surface area contributed by atoms with Crippen LogP contribution in [0.15, 0.2) is 48.5 Å². The zero-order valence-corrected chi connectivity index (χ0v) is 11.2. The van der Waals surface area contributed by atoms with E-state index in [0.29, 0.717) is 0 Å². The average molecular weight is 238 g/mol. The summed E-state index contributed by atoms with van der Waals surface area (Å²) in [6.07, 6.45) is -0.393. The van der Waals surface area contributed by atoms with Crippen LogP contribution >= 0.6 is 0 Å². The van der Waals surface area contributed by atoms with Crippen LogP contribution in [0.25, 0.3) is 0 Å². The molecule has 1 nitrogen and oxygen atoms in total. The molecule has 2 heteroatoms. The van der Waals surface area contributed by atoms with Crippen molar-refractivity contribution in [1.29, 1.82) is 0 Å². The number of aliphatic hydroxyl groups excluding tert-OH is 1. The van der Waals surface area contributed by atoms with Crippen LogP contribution < -0.4 is 5.46 Å². The van der Waals surface area contributed by atoms with Gasteiger partial charge in [-0.2, -0.15) is 0 Å². The van der Waals surface area contributed by atoms with Crippen molar-refractivity contribution in [2.75, 3.05) is 0 Å². The topological polar surface area (TPSA) is 20.2 Å². The lowest BCUT2D eigenvalue weighted by atomic mass is 9.85. The highest BCUT2D eigenvalue weighted by molar-refractivity contribution is 6.32. The summed E-state index contributed by atoms with van der Waals surface area (Å²) in [5, 5.41) is 10.1. The molecule has 18 heavy (non-hydrogen) atoms. The monoisotopic (exact) mass is 238 g/mol. The SMILES string of the molecule is Bc1ccc(C(c2ccc(C)cc2)C(C)O)cc1. The van der Waals surface area contributed by atoms with E-state index in [1.807, 2.05) is 6.92 Å². The number of benzene rings is 2. The minimum Gasteiger partial charge on any atom is -0.392 e. The number of aryl methyl sites for hydroxylation is 1. The first-order chi connectivity index (χ1) is 8.58. The fourth-order valence-electron chi connectivity index (χ4n) is 2.30. The normalized spacial score (nSPS) is 14.2. The van der Waals surface area contributed by atoms with E-state index < -0.39 is 6.10 Å². The first kappa shape index (κ1) is 12.9. The Morgan fingerprint density at radius 3 is 1.78 bits per heavy atom. The highest BCUT2D eigenvalue weighted by atomic mass is 16.3. The van der Waals surface area contributed by atoms with Crippen molar-refractivity contribution in [1.82, 2.24) is 0 Å². The summed E-state index contributed by atoms with van der Waals surface area (Å²) in [5.41, 5.74) is 4.82. The van der Waals surface area contributed by atoms with Gasteiger partial charge in [0.2, 0.25) is 0 Å². The number of rotatable bonds is 3. The zero-order chi connectivity index (χ0) is 13.1. The van der Waals surface area contributed by atoms with Gasteiger partial charge in [0.15, 0.2) is 0 Å². The molecule has 0 saturated heterocycles. The van der Waals surface area contributed by atoms with E-state index >= 15 is 0 Å². The molecule has 0 amide bonds. The summed E-state index contributed by atoms with van der Waals surface area (Å²) in [6, 6.07) is 16.8. The molecule has 0 saturated carbocycles. The number of aliphatic hydroxyl groups is 1. The van der Waals surface area contributed by atoms with Gasteiger partial charge in [0, 0.05) is 5.92 Å². The second-order valence-electron chi connectivity index (χ2n) is 5.04. The molecule has 0 fully saturated rings. The largest absolute Gasteiger partial charge is 0.392 e. The summed E-state index contributed by atoms with van der Waals surface area (Å²) >= 11 is 0. The fourth-order valence-corrected chi connectivity index (χ4v) is 2.30. The first-order valence-corrected chi connectivity index (χ1v) is 6.39. The molecule has 0 bridgehead atoms. The maximum Gasteiger partial charge on any atom is 0.139 e. The van der Waals surface area contributed by atoms with Crippen LogP contribution in [0, 0.1) is 6.92 Å². The highest BCUT2D eigenvalue weighted by Gasteiger charge is 2.19. The molecule has 0 aromatic heterocycles. The molecular formula is C16H19BO. The Bertz CT molecular complexity index is 454. The second-order valence-corrected chi connectivity index (χ2v) is 5.04. The van der Waals surface area contributed by atoms with E-state index in [2.05, 4.69) is 63.3 Å². The van der Waals surface area contributed by atoms with Gasteiger partial charge < -0.3 is 5.11 Å². The average Bonchev–Trinajstić information content (AvgIpc) is 2.34. The predicted molar refractivity (Wildman–Crippen MR) is 79.3 cm³/mol. The van der Waals surface area contributed by atoms with Crippen LogP contribution in [0.1, 0.15) is 29.5 Å². The van der Waals surface area contributed by atoms with E-state index in [0.717, 1.165) is 0 Å². The van der Waals surface area contributed by atoms with E-state index in [-0.39, 0.29) is 5.92 Å². The minimum atomic E-state index is -0.393. The standard InChI is InChI=1S/C16H19BO/c1-11-3-5-13(6-4-11)16(12(2)18)14-7-9-15(17)10-8-14/h3-10,12,16,18H,17H2,1-2H3. The molecular weight excluding hydrogens is 219 g/mol. The van der Waals surface area contributed by atoms with Crippen LogP contribution in [0.2, 0.25) is 0 Å². The van der Waals surface area contributed by atoms with Gasteiger partial charge in [0.25, 0.3) is 0 Å². The Morgan fingerprint density at radius 2 is 1.33 bits per heavy atom. The van der Waals surface area contributed by atoms with Crippen LogP contribution in [-0.2, 0) is 0 Å². The summed E-state index contributed by atoms with van der Waals surface area (Å²) in [7, 11) is 2.08. The molecule has 0 radical (unpaired) electrons. The lowest BCUT2D eigenvalue weighted by molar-refractivity contribution is 0.176. The lowest BCUT2D eigenvalue weighted by Crippen LogP contribution is -2.17. The Kier molecular flexibility index (Phi) is 3.88. The summed E-state index contributed by atoms with van der Waals surface area (Å²) in [4.78, 5) is 0. The molecule has 0 spiro atoms. The van der Waals surface area contributed by atoms with Gasteiger partial charge in [0.05, 0.1) is 6.10 Å². The zero-order valence-electron chi connectivity index (χ0n) is 11.2. The van der Waals surface area contributed by atoms with Crippen LogP contribution in [-0.4, -0.2) is 19.1 Å². The Hall–Kier alpha value is -1.54. The first-order valence-electron chi connectivity index (χ1n) is 6.39. The highest BCUT2D eigenvalue weighted by Crippen LogP contribution is 2.27. The van der Waals surface area contributed by atoms with E-state index in [4.69, 9.17) is 0 Å². The molecule has 2 aromatic carbocycles. The molecule has 0 aliphatic rings. The van der Waals surface area contributed by atoms with E-state index in [1.165, 1.54) is 22.2 Å². The van der Waals surface area contributed by atoms with Crippen molar-refractivity contribution in [3.63, 3.8) is 0 Å². The number of hydrogen-bond acceptors (Lipinski definition) is 1. The van der Waals surface area contributed by atoms with Crippen LogP contribution in [0.3, 0.4) is 0 Å². The molecule has 0 aliphatic heterocycles. The summed E-state index contributed by atoms with van der Waals surface area (Å²) < 4.78 is 0. The van der Waals surface area contributed by atoms with Gasteiger partial charge in [-0.05, 0) is 25.0 Å². The molecule has 2 unspecified atom stereocenters.